The van der Waals surface area contributed by atoms with Crippen molar-refractivity contribution in [3.8, 4) is 0 Å². The molecule has 0 radical (unpaired) electrons. The Morgan fingerprint density at radius 3 is 2.87 bits per heavy atom. The molecular formula is C15H23N5O3. The number of non-ortho nitro benzene ring substituents is 1. The fraction of sp³-hybridized carbons (Fsp3) is 0.533. The van der Waals surface area contributed by atoms with Crippen LogP contribution in [0.15, 0.2) is 29.3 Å². The summed E-state index contributed by atoms with van der Waals surface area (Å²) >= 11 is 0. The van der Waals surface area contributed by atoms with E-state index in [1.807, 2.05) is 6.07 Å². The summed E-state index contributed by atoms with van der Waals surface area (Å²) in [5.74, 6) is 0.685. The van der Waals surface area contributed by atoms with Crippen molar-refractivity contribution in [2.24, 2.45) is 4.99 Å². The van der Waals surface area contributed by atoms with Crippen molar-refractivity contribution in [3.05, 3.63) is 39.9 Å². The number of nitrogens with one attached hydrogen (secondary N) is 2. The van der Waals surface area contributed by atoms with Crippen molar-refractivity contribution >= 4 is 11.6 Å². The number of hydrogen-bond acceptors (Lipinski definition) is 5. The predicted molar refractivity (Wildman–Crippen MR) is 88.6 cm³/mol. The quantitative estimate of drug-likeness (QED) is 0.345. The zero-order chi connectivity index (χ0) is 16.5. The van der Waals surface area contributed by atoms with Gasteiger partial charge in [-0.1, -0.05) is 12.1 Å². The predicted octanol–water partition coefficient (Wildman–Crippen LogP) is 0.592. The van der Waals surface area contributed by atoms with E-state index in [0.717, 1.165) is 45.0 Å². The highest BCUT2D eigenvalue weighted by Crippen LogP contribution is 2.12. The van der Waals surface area contributed by atoms with E-state index in [2.05, 4.69) is 20.5 Å². The van der Waals surface area contributed by atoms with Crippen molar-refractivity contribution in [3.63, 3.8) is 0 Å². The molecule has 0 bridgehead atoms. The van der Waals surface area contributed by atoms with Crippen LogP contribution in [-0.2, 0) is 11.3 Å². The first-order chi connectivity index (χ1) is 11.2. The number of guanidine groups is 1. The van der Waals surface area contributed by atoms with E-state index in [1.165, 1.54) is 6.07 Å². The van der Waals surface area contributed by atoms with Gasteiger partial charge < -0.3 is 15.4 Å². The fourth-order valence-corrected chi connectivity index (χ4v) is 2.34. The van der Waals surface area contributed by atoms with E-state index in [-0.39, 0.29) is 10.6 Å². The third-order valence-electron chi connectivity index (χ3n) is 3.63. The zero-order valence-electron chi connectivity index (χ0n) is 13.3. The number of aliphatic imine (C=N–C) groups is 1. The monoisotopic (exact) mass is 321 g/mol. The zero-order valence-corrected chi connectivity index (χ0v) is 13.3. The van der Waals surface area contributed by atoms with Crippen LogP contribution in [0.25, 0.3) is 0 Å². The number of ether oxygens (including phenoxy) is 1. The van der Waals surface area contributed by atoms with Gasteiger partial charge in [0.15, 0.2) is 5.96 Å². The highest BCUT2D eigenvalue weighted by molar-refractivity contribution is 5.79. The maximum absolute atomic E-state index is 10.8. The first kappa shape index (κ1) is 17.2. The average molecular weight is 321 g/mol. The lowest BCUT2D eigenvalue weighted by Gasteiger charge is -2.26. The first-order valence-electron chi connectivity index (χ1n) is 7.67. The van der Waals surface area contributed by atoms with E-state index in [4.69, 9.17) is 4.74 Å². The van der Waals surface area contributed by atoms with Crippen LogP contribution in [0.1, 0.15) is 5.56 Å². The number of rotatable bonds is 6. The highest BCUT2D eigenvalue weighted by Gasteiger charge is 2.10. The Morgan fingerprint density at radius 2 is 2.17 bits per heavy atom. The second kappa shape index (κ2) is 9.06. The number of morpholine rings is 1. The maximum Gasteiger partial charge on any atom is 0.269 e. The van der Waals surface area contributed by atoms with Gasteiger partial charge in [0, 0.05) is 51.9 Å². The summed E-state index contributed by atoms with van der Waals surface area (Å²) in [6, 6.07) is 6.58. The molecule has 8 nitrogen and oxygen atoms in total. The minimum absolute atomic E-state index is 0.0968. The lowest BCUT2D eigenvalue weighted by atomic mass is 10.2. The van der Waals surface area contributed by atoms with Crippen LogP contribution in [0.4, 0.5) is 5.69 Å². The van der Waals surface area contributed by atoms with Crippen molar-refractivity contribution in [1.82, 2.24) is 15.5 Å². The van der Waals surface area contributed by atoms with Gasteiger partial charge in [0.2, 0.25) is 0 Å². The smallest absolute Gasteiger partial charge is 0.269 e. The molecule has 0 aromatic heterocycles. The molecule has 0 unspecified atom stereocenters. The molecule has 0 atom stereocenters. The highest BCUT2D eigenvalue weighted by atomic mass is 16.6. The minimum Gasteiger partial charge on any atom is -0.379 e. The van der Waals surface area contributed by atoms with Crippen LogP contribution in [0.2, 0.25) is 0 Å². The minimum atomic E-state index is -0.390. The standard InChI is InChI=1S/C15H23N5O3/c1-16-15(17-5-6-19-7-9-23-10-8-19)18-12-13-3-2-4-14(11-13)20(21)22/h2-4,11H,5-10,12H2,1H3,(H2,16,17,18). The molecule has 1 aliphatic rings. The lowest BCUT2D eigenvalue weighted by Crippen LogP contribution is -2.44. The molecule has 23 heavy (non-hydrogen) atoms. The molecule has 8 heteroatoms. The topological polar surface area (TPSA) is 92.0 Å². The molecule has 126 valence electrons. The SMILES string of the molecule is CN=C(NCCN1CCOCC1)NCc1cccc([N+](=O)[O-])c1. The number of hydrogen-bond donors (Lipinski definition) is 2. The molecule has 1 fully saturated rings. The molecule has 1 aromatic carbocycles. The summed E-state index contributed by atoms with van der Waals surface area (Å²) in [7, 11) is 1.71. The van der Waals surface area contributed by atoms with Gasteiger partial charge in [-0.2, -0.15) is 0 Å². The number of nitro groups is 1. The summed E-state index contributed by atoms with van der Waals surface area (Å²) in [5.41, 5.74) is 0.940. The Bertz CT molecular complexity index is 544. The largest absolute Gasteiger partial charge is 0.379 e. The van der Waals surface area contributed by atoms with Crippen LogP contribution >= 0.6 is 0 Å². The molecule has 1 aliphatic heterocycles. The fourth-order valence-electron chi connectivity index (χ4n) is 2.34. The van der Waals surface area contributed by atoms with Crippen LogP contribution in [0.3, 0.4) is 0 Å². The van der Waals surface area contributed by atoms with Gasteiger partial charge in [-0.05, 0) is 5.56 Å². The van der Waals surface area contributed by atoms with Crippen LogP contribution in [-0.4, -0.2) is 62.2 Å². The molecule has 1 aromatic rings. The molecule has 0 saturated carbocycles. The van der Waals surface area contributed by atoms with Crippen molar-refractivity contribution in [2.45, 2.75) is 6.54 Å². The first-order valence-corrected chi connectivity index (χ1v) is 7.67. The Balaban J connectivity index is 1.74. The van der Waals surface area contributed by atoms with Crippen molar-refractivity contribution in [1.29, 1.82) is 0 Å². The third kappa shape index (κ3) is 5.84. The van der Waals surface area contributed by atoms with E-state index in [9.17, 15) is 10.1 Å². The Kier molecular flexibility index (Phi) is 6.76. The number of nitrogens with zero attached hydrogens (tertiary/aromatic N) is 3. The van der Waals surface area contributed by atoms with E-state index in [1.54, 1.807) is 19.2 Å². The van der Waals surface area contributed by atoms with Gasteiger partial charge >= 0.3 is 0 Å². The Morgan fingerprint density at radius 1 is 1.39 bits per heavy atom. The molecule has 2 N–H and O–H groups in total. The summed E-state index contributed by atoms with van der Waals surface area (Å²) in [5, 5.41) is 17.2. The molecule has 0 aliphatic carbocycles. The van der Waals surface area contributed by atoms with Gasteiger partial charge in [-0.25, -0.2) is 0 Å². The van der Waals surface area contributed by atoms with Crippen molar-refractivity contribution in [2.75, 3.05) is 46.4 Å². The summed E-state index contributed by atoms with van der Waals surface area (Å²) in [6.07, 6.45) is 0. The van der Waals surface area contributed by atoms with E-state index < -0.39 is 0 Å². The van der Waals surface area contributed by atoms with Crippen LogP contribution in [0.5, 0.6) is 0 Å². The summed E-state index contributed by atoms with van der Waals surface area (Å²) in [4.78, 5) is 16.9. The lowest BCUT2D eigenvalue weighted by molar-refractivity contribution is -0.384. The molecule has 0 amide bonds. The molecule has 1 saturated heterocycles. The van der Waals surface area contributed by atoms with E-state index in [0.29, 0.717) is 12.5 Å². The van der Waals surface area contributed by atoms with Gasteiger partial charge in [0.1, 0.15) is 0 Å². The number of nitro benzene ring substituents is 1. The molecular weight excluding hydrogens is 298 g/mol. The normalized spacial score (nSPS) is 16.1. The summed E-state index contributed by atoms with van der Waals surface area (Å²) < 4.78 is 5.32. The second-order valence-corrected chi connectivity index (χ2v) is 5.23. The molecule has 1 heterocycles. The van der Waals surface area contributed by atoms with Crippen molar-refractivity contribution < 1.29 is 9.66 Å². The van der Waals surface area contributed by atoms with Crippen LogP contribution in [0, 0.1) is 10.1 Å². The van der Waals surface area contributed by atoms with Gasteiger partial charge in [0.05, 0.1) is 18.1 Å². The molecule has 0 spiro atoms. The average Bonchev–Trinajstić information content (AvgIpc) is 2.59. The van der Waals surface area contributed by atoms with Gasteiger partial charge in [0.25, 0.3) is 5.69 Å². The second-order valence-electron chi connectivity index (χ2n) is 5.23. The van der Waals surface area contributed by atoms with E-state index >= 15 is 0 Å². The number of benzene rings is 1. The van der Waals surface area contributed by atoms with Crippen LogP contribution < -0.4 is 10.6 Å². The third-order valence-corrected chi connectivity index (χ3v) is 3.63. The molecule has 2 rings (SSSR count). The van der Waals surface area contributed by atoms with Gasteiger partial charge in [-0.15, -0.1) is 0 Å². The maximum atomic E-state index is 10.8. The summed E-state index contributed by atoms with van der Waals surface area (Å²) in [6.45, 7) is 5.71. The Hall–Kier alpha value is -2.19. The van der Waals surface area contributed by atoms with Gasteiger partial charge in [-0.3, -0.25) is 20.0 Å². The Labute approximate surface area is 135 Å².